The van der Waals surface area contributed by atoms with Crippen molar-refractivity contribution in [3.05, 3.63) is 70.8 Å². The van der Waals surface area contributed by atoms with Crippen molar-refractivity contribution in [2.75, 3.05) is 13.1 Å². The number of amides is 2. The molecule has 5 heteroatoms. The van der Waals surface area contributed by atoms with Crippen molar-refractivity contribution in [3.8, 4) is 0 Å². The van der Waals surface area contributed by atoms with E-state index in [-0.39, 0.29) is 23.1 Å². The highest BCUT2D eigenvalue weighted by Crippen LogP contribution is 2.22. The standard InChI is InChI=1S/C25H31N3O2/c1-18-7-5-6-8-22(18)24(30)28-15-13-20(14-16-28)23(29)27-26-17-19-9-11-21(12-10-19)25(2,3)4/h5-12,17,20H,13-16H2,1-4H3,(H,27,29)/b26-17-. The summed E-state index contributed by atoms with van der Waals surface area (Å²) in [6.45, 7) is 9.65. The van der Waals surface area contributed by atoms with Crippen LogP contribution < -0.4 is 5.43 Å². The van der Waals surface area contributed by atoms with Gasteiger partial charge in [0.25, 0.3) is 5.91 Å². The van der Waals surface area contributed by atoms with Gasteiger partial charge in [-0.2, -0.15) is 5.10 Å². The molecule has 2 aromatic carbocycles. The van der Waals surface area contributed by atoms with Gasteiger partial charge in [-0.3, -0.25) is 9.59 Å². The van der Waals surface area contributed by atoms with Gasteiger partial charge in [-0.05, 0) is 47.9 Å². The maximum atomic E-state index is 12.7. The van der Waals surface area contributed by atoms with E-state index < -0.39 is 0 Å². The second-order valence-corrected chi connectivity index (χ2v) is 8.99. The fraction of sp³-hybridized carbons (Fsp3) is 0.400. The largest absolute Gasteiger partial charge is 0.339 e. The second-order valence-electron chi connectivity index (χ2n) is 8.99. The Morgan fingerprint density at radius 3 is 2.27 bits per heavy atom. The molecule has 2 aromatic rings. The van der Waals surface area contributed by atoms with E-state index >= 15 is 0 Å². The van der Waals surface area contributed by atoms with Crippen LogP contribution in [0.25, 0.3) is 0 Å². The SMILES string of the molecule is Cc1ccccc1C(=O)N1CCC(C(=O)N/N=C\c2ccc(C(C)(C)C)cc2)CC1. The molecule has 1 N–H and O–H groups in total. The summed E-state index contributed by atoms with van der Waals surface area (Å²) in [4.78, 5) is 27.0. The monoisotopic (exact) mass is 405 g/mol. The molecule has 0 aliphatic carbocycles. The van der Waals surface area contributed by atoms with Crippen LogP contribution in [0.1, 0.15) is 60.7 Å². The van der Waals surface area contributed by atoms with Gasteiger partial charge >= 0.3 is 0 Å². The molecule has 0 aromatic heterocycles. The Kier molecular flexibility index (Phi) is 6.70. The number of aryl methyl sites for hydroxylation is 1. The Balaban J connectivity index is 1.49. The van der Waals surface area contributed by atoms with Gasteiger partial charge in [-0.25, -0.2) is 5.43 Å². The number of hydrogen-bond donors (Lipinski definition) is 1. The van der Waals surface area contributed by atoms with Crippen LogP contribution in [0, 0.1) is 12.8 Å². The summed E-state index contributed by atoms with van der Waals surface area (Å²) >= 11 is 0. The van der Waals surface area contributed by atoms with Crippen LogP contribution in [0.15, 0.2) is 53.6 Å². The normalized spacial score (nSPS) is 15.4. The maximum Gasteiger partial charge on any atom is 0.254 e. The molecule has 5 nitrogen and oxygen atoms in total. The van der Waals surface area contributed by atoms with Gasteiger partial charge in [-0.15, -0.1) is 0 Å². The Hall–Kier alpha value is -2.95. The van der Waals surface area contributed by atoms with E-state index in [9.17, 15) is 9.59 Å². The summed E-state index contributed by atoms with van der Waals surface area (Å²) < 4.78 is 0. The summed E-state index contributed by atoms with van der Waals surface area (Å²) in [6, 6.07) is 15.8. The topological polar surface area (TPSA) is 61.8 Å². The van der Waals surface area contributed by atoms with Crippen molar-refractivity contribution in [2.45, 2.75) is 46.0 Å². The highest BCUT2D eigenvalue weighted by Gasteiger charge is 2.28. The van der Waals surface area contributed by atoms with E-state index in [1.165, 1.54) is 5.56 Å². The molecular weight excluding hydrogens is 374 g/mol. The maximum absolute atomic E-state index is 12.7. The Labute approximate surface area is 179 Å². The molecule has 1 heterocycles. The average molecular weight is 406 g/mol. The van der Waals surface area contributed by atoms with Crippen LogP contribution in [0.5, 0.6) is 0 Å². The van der Waals surface area contributed by atoms with Crippen LogP contribution in [-0.2, 0) is 10.2 Å². The van der Waals surface area contributed by atoms with Crippen LogP contribution in [0.3, 0.4) is 0 Å². The predicted octanol–water partition coefficient (Wildman–Crippen LogP) is 4.30. The first kappa shape index (κ1) is 21.8. The van der Waals surface area contributed by atoms with Crippen molar-refractivity contribution >= 4 is 18.0 Å². The van der Waals surface area contributed by atoms with Crippen LogP contribution in [-0.4, -0.2) is 36.0 Å². The van der Waals surface area contributed by atoms with E-state index in [1.807, 2.05) is 48.2 Å². The van der Waals surface area contributed by atoms with E-state index in [4.69, 9.17) is 0 Å². The van der Waals surface area contributed by atoms with Crippen LogP contribution in [0.2, 0.25) is 0 Å². The summed E-state index contributed by atoms with van der Waals surface area (Å²) in [7, 11) is 0. The van der Waals surface area contributed by atoms with E-state index in [2.05, 4.69) is 43.4 Å². The van der Waals surface area contributed by atoms with E-state index in [0.29, 0.717) is 25.9 Å². The zero-order valence-corrected chi connectivity index (χ0v) is 18.3. The molecule has 3 rings (SSSR count). The highest BCUT2D eigenvalue weighted by molar-refractivity contribution is 5.95. The molecule has 1 aliphatic heterocycles. The van der Waals surface area contributed by atoms with Gasteiger partial charge < -0.3 is 4.90 Å². The lowest BCUT2D eigenvalue weighted by atomic mass is 9.87. The van der Waals surface area contributed by atoms with E-state index in [1.54, 1.807) is 6.21 Å². The molecule has 0 spiro atoms. The number of carbonyl (C=O) groups excluding carboxylic acids is 2. The Bertz CT molecular complexity index is 918. The lowest BCUT2D eigenvalue weighted by molar-refractivity contribution is -0.126. The molecule has 0 radical (unpaired) electrons. The van der Waals surface area contributed by atoms with Crippen molar-refractivity contribution in [2.24, 2.45) is 11.0 Å². The van der Waals surface area contributed by atoms with Gasteiger partial charge in [0.2, 0.25) is 5.91 Å². The molecule has 1 aliphatic rings. The molecule has 2 amide bonds. The van der Waals surface area contributed by atoms with Gasteiger partial charge in [0.15, 0.2) is 0 Å². The van der Waals surface area contributed by atoms with Crippen molar-refractivity contribution in [3.63, 3.8) is 0 Å². The molecule has 158 valence electrons. The second kappa shape index (κ2) is 9.24. The zero-order valence-electron chi connectivity index (χ0n) is 18.3. The highest BCUT2D eigenvalue weighted by atomic mass is 16.2. The van der Waals surface area contributed by atoms with E-state index in [0.717, 1.165) is 16.7 Å². The number of rotatable bonds is 4. The third kappa shape index (κ3) is 5.35. The molecule has 1 saturated heterocycles. The molecular formula is C25H31N3O2. The minimum Gasteiger partial charge on any atom is -0.339 e. The van der Waals surface area contributed by atoms with Gasteiger partial charge in [0.1, 0.15) is 0 Å². The number of carbonyl (C=O) groups is 2. The Morgan fingerprint density at radius 1 is 1.03 bits per heavy atom. The molecule has 30 heavy (non-hydrogen) atoms. The number of nitrogens with zero attached hydrogens (tertiary/aromatic N) is 2. The molecule has 0 saturated carbocycles. The predicted molar refractivity (Wildman–Crippen MR) is 121 cm³/mol. The summed E-state index contributed by atoms with van der Waals surface area (Å²) in [5, 5.41) is 4.12. The first-order chi connectivity index (χ1) is 14.3. The zero-order chi connectivity index (χ0) is 21.7. The summed E-state index contributed by atoms with van der Waals surface area (Å²) in [5.74, 6) is -0.157. The van der Waals surface area contributed by atoms with Crippen molar-refractivity contribution < 1.29 is 9.59 Å². The van der Waals surface area contributed by atoms with Gasteiger partial charge in [0, 0.05) is 24.6 Å². The van der Waals surface area contributed by atoms with Gasteiger partial charge in [-0.1, -0.05) is 63.2 Å². The van der Waals surface area contributed by atoms with Gasteiger partial charge in [0.05, 0.1) is 6.21 Å². The number of likely N-dealkylation sites (tertiary alicyclic amines) is 1. The number of nitrogens with one attached hydrogen (secondary N) is 1. The molecule has 0 unspecified atom stereocenters. The Morgan fingerprint density at radius 2 is 1.67 bits per heavy atom. The van der Waals surface area contributed by atoms with Crippen LogP contribution in [0.4, 0.5) is 0 Å². The molecule has 0 atom stereocenters. The number of benzene rings is 2. The number of hydrazone groups is 1. The fourth-order valence-corrected chi connectivity index (χ4v) is 3.66. The van der Waals surface area contributed by atoms with Crippen molar-refractivity contribution in [1.82, 2.24) is 10.3 Å². The lowest BCUT2D eigenvalue weighted by Crippen LogP contribution is -2.42. The first-order valence-electron chi connectivity index (χ1n) is 10.5. The van der Waals surface area contributed by atoms with Crippen LogP contribution >= 0.6 is 0 Å². The summed E-state index contributed by atoms with van der Waals surface area (Å²) in [6.07, 6.45) is 2.97. The molecule has 0 bridgehead atoms. The third-order valence-electron chi connectivity index (χ3n) is 5.69. The third-order valence-corrected chi connectivity index (χ3v) is 5.69. The minimum absolute atomic E-state index is 0.0451. The first-order valence-corrected chi connectivity index (χ1v) is 10.5. The van der Waals surface area contributed by atoms with Crippen molar-refractivity contribution in [1.29, 1.82) is 0 Å². The molecule has 1 fully saturated rings. The minimum atomic E-state index is -0.119. The summed E-state index contributed by atoms with van der Waals surface area (Å²) in [5.41, 5.74) is 6.69. The number of piperidine rings is 1. The quantitative estimate of drug-likeness (QED) is 0.609. The lowest BCUT2D eigenvalue weighted by Gasteiger charge is -2.31. The average Bonchev–Trinajstić information content (AvgIpc) is 2.73. The number of hydrogen-bond acceptors (Lipinski definition) is 3. The fourth-order valence-electron chi connectivity index (χ4n) is 3.66. The smallest absolute Gasteiger partial charge is 0.254 e.